The number of carbonyl (C=O) groups excluding carboxylic acids is 2. The van der Waals surface area contributed by atoms with Crippen LogP contribution in [0.1, 0.15) is 61.8 Å². The number of amides is 2. The average Bonchev–Trinajstić information content (AvgIpc) is 2.67. The number of nitrogens with one attached hydrogen (secondary N) is 3. The number of thiocarbonyl (C=S) groups is 1. The fourth-order valence-electron chi connectivity index (χ4n) is 2.67. The van der Waals surface area contributed by atoms with Crippen LogP contribution in [0.2, 0.25) is 0 Å². The Balaban J connectivity index is 2.01. The molecule has 0 aliphatic heterocycles. The van der Waals surface area contributed by atoms with Gasteiger partial charge in [0, 0.05) is 16.8 Å². The Kier molecular flexibility index (Phi) is 8.56. The summed E-state index contributed by atoms with van der Waals surface area (Å²) in [5.41, 5.74) is 1.18. The van der Waals surface area contributed by atoms with Crippen molar-refractivity contribution in [2.24, 2.45) is 5.92 Å². The molecule has 0 bridgehead atoms. The van der Waals surface area contributed by atoms with Crippen LogP contribution in [-0.4, -0.2) is 29.1 Å². The lowest BCUT2D eigenvalue weighted by Crippen LogP contribution is -2.40. The summed E-state index contributed by atoms with van der Waals surface area (Å²) in [7, 11) is 0. The lowest BCUT2D eigenvalue weighted by Gasteiger charge is -2.20. The molecule has 166 valence electrons. The van der Waals surface area contributed by atoms with Gasteiger partial charge in [-0.1, -0.05) is 32.0 Å². The first-order valence-corrected chi connectivity index (χ1v) is 10.7. The maximum absolute atomic E-state index is 12.7. The molecule has 2 aromatic rings. The number of hydrogen-bond acceptors (Lipinski definition) is 4. The lowest BCUT2D eigenvalue weighted by molar-refractivity contribution is 0.0918. The molecular weight excluding hydrogens is 410 g/mol. The zero-order chi connectivity index (χ0) is 23.0. The average molecular weight is 442 g/mol. The Morgan fingerprint density at radius 2 is 1.74 bits per heavy atom. The Morgan fingerprint density at radius 3 is 2.42 bits per heavy atom. The minimum atomic E-state index is -0.362. The molecule has 0 unspecified atom stereocenters. The number of benzene rings is 2. The van der Waals surface area contributed by atoms with Crippen molar-refractivity contribution in [3.05, 3.63) is 59.7 Å². The number of para-hydroxylation sites is 1. The van der Waals surface area contributed by atoms with Gasteiger partial charge in [0.15, 0.2) is 5.11 Å². The molecule has 0 aliphatic carbocycles. The summed E-state index contributed by atoms with van der Waals surface area (Å²) in [5.74, 6) is 0.487. The summed E-state index contributed by atoms with van der Waals surface area (Å²) < 4.78 is 5.78. The quantitative estimate of drug-likeness (QED) is 0.540. The summed E-state index contributed by atoms with van der Waals surface area (Å²) in [6.07, 6.45) is 0.898. The summed E-state index contributed by atoms with van der Waals surface area (Å²) >= 11 is 5.29. The molecule has 0 spiro atoms. The van der Waals surface area contributed by atoms with E-state index in [2.05, 4.69) is 29.8 Å². The van der Waals surface area contributed by atoms with Crippen LogP contribution in [0.25, 0.3) is 0 Å². The van der Waals surface area contributed by atoms with Gasteiger partial charge in [0.1, 0.15) is 5.75 Å². The van der Waals surface area contributed by atoms with E-state index in [4.69, 9.17) is 17.0 Å². The molecule has 0 saturated heterocycles. The summed E-state index contributed by atoms with van der Waals surface area (Å²) in [5, 5.41) is 8.68. The zero-order valence-corrected chi connectivity index (χ0v) is 19.6. The number of hydrogen-bond donors (Lipinski definition) is 3. The van der Waals surface area contributed by atoms with E-state index < -0.39 is 0 Å². The highest BCUT2D eigenvalue weighted by molar-refractivity contribution is 7.80. The zero-order valence-electron chi connectivity index (χ0n) is 18.7. The third kappa shape index (κ3) is 8.38. The standard InChI is InChI=1S/C24H31N3O3S/c1-16(2)13-14-30-20-12-7-6-11-19(20)22(29)26-23(31)25-18-10-8-9-17(15-18)21(28)27-24(3,4)5/h6-12,15-16H,13-14H2,1-5H3,(H,27,28)(H2,25,26,29,31). The Morgan fingerprint density at radius 1 is 1.03 bits per heavy atom. The maximum atomic E-state index is 12.7. The molecule has 2 rings (SSSR count). The van der Waals surface area contributed by atoms with Gasteiger partial charge in [0.2, 0.25) is 0 Å². The van der Waals surface area contributed by atoms with E-state index in [-0.39, 0.29) is 22.5 Å². The maximum Gasteiger partial charge on any atom is 0.261 e. The highest BCUT2D eigenvalue weighted by atomic mass is 32.1. The third-order valence-corrected chi connectivity index (χ3v) is 4.39. The molecule has 2 aromatic carbocycles. The number of anilines is 1. The second-order valence-corrected chi connectivity index (χ2v) is 9.13. The normalized spacial score (nSPS) is 11.0. The summed E-state index contributed by atoms with van der Waals surface area (Å²) in [6.45, 7) is 10.5. The van der Waals surface area contributed by atoms with Crippen LogP contribution in [0.5, 0.6) is 5.75 Å². The molecule has 7 heteroatoms. The fourth-order valence-corrected chi connectivity index (χ4v) is 2.88. The van der Waals surface area contributed by atoms with Crippen molar-refractivity contribution < 1.29 is 14.3 Å². The van der Waals surface area contributed by atoms with Gasteiger partial charge in [-0.3, -0.25) is 14.9 Å². The van der Waals surface area contributed by atoms with Gasteiger partial charge in [-0.05, 0) is 75.7 Å². The van der Waals surface area contributed by atoms with E-state index in [1.54, 1.807) is 42.5 Å². The molecular formula is C24H31N3O3S. The van der Waals surface area contributed by atoms with E-state index >= 15 is 0 Å². The number of rotatable bonds is 7. The van der Waals surface area contributed by atoms with Crippen LogP contribution in [0.15, 0.2) is 48.5 Å². The molecule has 6 nitrogen and oxygen atoms in total. The van der Waals surface area contributed by atoms with Crippen LogP contribution in [0.3, 0.4) is 0 Å². The number of ether oxygens (including phenoxy) is 1. The monoisotopic (exact) mass is 441 g/mol. The first-order valence-electron chi connectivity index (χ1n) is 10.3. The third-order valence-electron chi connectivity index (χ3n) is 4.18. The highest BCUT2D eigenvalue weighted by Crippen LogP contribution is 2.19. The van der Waals surface area contributed by atoms with Gasteiger partial charge < -0.3 is 15.4 Å². The molecule has 0 saturated carbocycles. The molecule has 31 heavy (non-hydrogen) atoms. The topological polar surface area (TPSA) is 79.5 Å². The second kappa shape index (κ2) is 10.9. The minimum absolute atomic E-state index is 0.135. The summed E-state index contributed by atoms with van der Waals surface area (Å²) in [6, 6.07) is 14.0. The van der Waals surface area contributed by atoms with Crippen molar-refractivity contribution in [3.63, 3.8) is 0 Å². The van der Waals surface area contributed by atoms with Crippen molar-refractivity contribution in [1.82, 2.24) is 10.6 Å². The van der Waals surface area contributed by atoms with Crippen molar-refractivity contribution in [2.45, 2.75) is 46.6 Å². The molecule has 0 radical (unpaired) electrons. The lowest BCUT2D eigenvalue weighted by atomic mass is 10.1. The van der Waals surface area contributed by atoms with Crippen LogP contribution in [-0.2, 0) is 0 Å². The van der Waals surface area contributed by atoms with Crippen LogP contribution in [0.4, 0.5) is 5.69 Å². The van der Waals surface area contributed by atoms with Crippen molar-refractivity contribution in [1.29, 1.82) is 0 Å². The van der Waals surface area contributed by atoms with E-state index in [0.29, 0.717) is 35.1 Å². The Hall–Kier alpha value is -2.93. The summed E-state index contributed by atoms with van der Waals surface area (Å²) in [4.78, 5) is 25.1. The first-order chi connectivity index (χ1) is 14.5. The molecule has 0 aromatic heterocycles. The van der Waals surface area contributed by atoms with Gasteiger partial charge in [0.25, 0.3) is 11.8 Å². The van der Waals surface area contributed by atoms with Crippen LogP contribution >= 0.6 is 12.2 Å². The van der Waals surface area contributed by atoms with E-state index in [9.17, 15) is 9.59 Å². The smallest absolute Gasteiger partial charge is 0.261 e. The predicted molar refractivity (Wildman–Crippen MR) is 129 cm³/mol. The number of carbonyl (C=O) groups is 2. The first kappa shape index (κ1) is 24.3. The van der Waals surface area contributed by atoms with Gasteiger partial charge >= 0.3 is 0 Å². The molecule has 0 atom stereocenters. The minimum Gasteiger partial charge on any atom is -0.493 e. The van der Waals surface area contributed by atoms with Gasteiger partial charge in [0.05, 0.1) is 12.2 Å². The molecule has 3 N–H and O–H groups in total. The largest absolute Gasteiger partial charge is 0.493 e. The highest BCUT2D eigenvalue weighted by Gasteiger charge is 2.16. The second-order valence-electron chi connectivity index (χ2n) is 8.72. The molecule has 0 fully saturated rings. The van der Waals surface area contributed by atoms with E-state index in [1.807, 2.05) is 26.8 Å². The SMILES string of the molecule is CC(C)CCOc1ccccc1C(=O)NC(=S)Nc1cccc(C(=O)NC(C)(C)C)c1. The molecule has 0 heterocycles. The van der Waals surface area contributed by atoms with Crippen molar-refractivity contribution >= 4 is 34.8 Å². The van der Waals surface area contributed by atoms with Crippen LogP contribution < -0.4 is 20.7 Å². The fraction of sp³-hybridized carbons (Fsp3) is 0.375. The molecule has 2 amide bonds. The van der Waals surface area contributed by atoms with Crippen LogP contribution in [0, 0.1) is 5.92 Å². The van der Waals surface area contributed by atoms with Crippen molar-refractivity contribution in [2.75, 3.05) is 11.9 Å². The van der Waals surface area contributed by atoms with E-state index in [1.165, 1.54) is 0 Å². The van der Waals surface area contributed by atoms with E-state index in [0.717, 1.165) is 6.42 Å². The Labute approximate surface area is 189 Å². The predicted octanol–water partition coefficient (Wildman–Crippen LogP) is 4.77. The Bertz CT molecular complexity index is 936. The van der Waals surface area contributed by atoms with Gasteiger partial charge in [-0.2, -0.15) is 0 Å². The van der Waals surface area contributed by atoms with Gasteiger partial charge in [-0.15, -0.1) is 0 Å². The molecule has 0 aliphatic rings. The van der Waals surface area contributed by atoms with Crippen molar-refractivity contribution in [3.8, 4) is 5.75 Å². The van der Waals surface area contributed by atoms with Gasteiger partial charge in [-0.25, -0.2) is 0 Å².